The molecule has 0 heterocycles. The van der Waals surface area contributed by atoms with Gasteiger partial charge in [-0.15, -0.1) is 0 Å². The molecule has 0 aromatic heterocycles. The second-order valence-corrected chi connectivity index (χ2v) is 8.76. The van der Waals surface area contributed by atoms with Crippen molar-refractivity contribution >= 4 is 25.7 Å². The largest absolute Gasteiger partial charge is 0.399 e. The molecule has 0 fully saturated rings. The molecule has 21 heavy (non-hydrogen) atoms. The lowest BCUT2D eigenvalue weighted by molar-refractivity contribution is 0.445. The quantitative estimate of drug-likeness (QED) is 0.631. The fourth-order valence-electron chi connectivity index (χ4n) is 1.63. The summed E-state index contributed by atoms with van der Waals surface area (Å²) in [6.45, 7) is 2.75. The first kappa shape index (κ1) is 17.8. The fourth-order valence-corrected chi connectivity index (χ4v) is 3.97. The van der Waals surface area contributed by atoms with Gasteiger partial charge in [0.25, 0.3) is 0 Å². The summed E-state index contributed by atoms with van der Waals surface area (Å²) < 4.78 is 64.4. The summed E-state index contributed by atoms with van der Waals surface area (Å²) in [4.78, 5) is -0.549. The summed E-state index contributed by atoms with van der Waals surface area (Å²) in [5.41, 5.74) is 4.39. The molecule has 0 unspecified atom stereocenters. The smallest absolute Gasteiger partial charge is 0.243 e. The maximum atomic E-state index is 13.6. The number of nitrogens with one attached hydrogen (secondary N) is 2. The minimum atomic E-state index is -4.11. The Morgan fingerprint density at radius 3 is 2.29 bits per heavy atom. The Balaban J connectivity index is 2.91. The van der Waals surface area contributed by atoms with Crippen molar-refractivity contribution in [3.8, 4) is 0 Å². The number of sulfonamides is 2. The Morgan fingerprint density at radius 1 is 1.24 bits per heavy atom. The van der Waals surface area contributed by atoms with Gasteiger partial charge in [0.2, 0.25) is 20.0 Å². The van der Waals surface area contributed by atoms with Gasteiger partial charge in [0.15, 0.2) is 0 Å². The van der Waals surface area contributed by atoms with E-state index in [0.29, 0.717) is 0 Å². The highest BCUT2D eigenvalue weighted by molar-refractivity contribution is 7.89. The molecule has 0 spiro atoms. The maximum absolute atomic E-state index is 13.6. The molecule has 4 N–H and O–H groups in total. The van der Waals surface area contributed by atoms with Crippen LogP contribution >= 0.6 is 0 Å². The molecule has 0 radical (unpaired) electrons. The number of rotatable bonds is 6. The molecule has 0 aliphatic heterocycles. The molecule has 0 aliphatic rings. The topological polar surface area (TPSA) is 118 Å². The minimum Gasteiger partial charge on any atom is -0.399 e. The maximum Gasteiger partial charge on any atom is 0.243 e. The van der Waals surface area contributed by atoms with E-state index in [1.54, 1.807) is 0 Å². The van der Waals surface area contributed by atoms with Crippen molar-refractivity contribution < 1.29 is 21.2 Å². The van der Waals surface area contributed by atoms with Gasteiger partial charge in [-0.3, -0.25) is 0 Å². The SMILES string of the molecule is CC(C)(CNS(=O)(=O)c1ccc(N)cc1F)NS(C)(=O)=O. The van der Waals surface area contributed by atoms with E-state index in [0.717, 1.165) is 18.4 Å². The number of anilines is 1. The molecular formula is C11H18FN3O4S2. The normalized spacial score (nSPS) is 13.3. The third-order valence-corrected chi connectivity index (χ3v) is 4.77. The van der Waals surface area contributed by atoms with Gasteiger partial charge in [-0.1, -0.05) is 0 Å². The summed E-state index contributed by atoms with van der Waals surface area (Å²) in [5, 5.41) is 0. The first-order chi connectivity index (χ1) is 9.32. The Morgan fingerprint density at radius 2 is 1.81 bits per heavy atom. The highest BCUT2D eigenvalue weighted by Crippen LogP contribution is 2.17. The molecule has 0 aliphatic carbocycles. The van der Waals surface area contributed by atoms with E-state index in [2.05, 4.69) is 9.44 Å². The molecule has 1 aromatic rings. The molecule has 0 saturated carbocycles. The van der Waals surface area contributed by atoms with E-state index >= 15 is 0 Å². The second-order valence-electron chi connectivity index (χ2n) is 5.27. The molecule has 0 atom stereocenters. The third kappa shape index (κ3) is 5.58. The first-order valence-corrected chi connectivity index (χ1v) is 9.23. The number of hydrogen-bond donors (Lipinski definition) is 3. The predicted octanol–water partition coefficient (Wildman–Crippen LogP) is 0.0140. The zero-order valence-electron chi connectivity index (χ0n) is 11.8. The van der Waals surface area contributed by atoms with E-state index in [-0.39, 0.29) is 12.2 Å². The lowest BCUT2D eigenvalue weighted by atomic mass is 10.1. The Labute approximate surface area is 123 Å². The van der Waals surface area contributed by atoms with Crippen LogP contribution in [0.25, 0.3) is 0 Å². The molecule has 120 valence electrons. The van der Waals surface area contributed by atoms with Gasteiger partial charge in [-0.25, -0.2) is 30.7 Å². The minimum absolute atomic E-state index is 0.102. The van der Waals surface area contributed by atoms with Crippen LogP contribution in [0.5, 0.6) is 0 Å². The summed E-state index contributed by atoms with van der Waals surface area (Å²) in [6.07, 6.45) is 0.961. The molecule has 7 nitrogen and oxygen atoms in total. The Kier molecular flexibility index (Phi) is 4.98. The summed E-state index contributed by atoms with van der Waals surface area (Å²) >= 11 is 0. The molecule has 10 heteroatoms. The van der Waals surface area contributed by atoms with Gasteiger partial charge >= 0.3 is 0 Å². The molecule has 1 aromatic carbocycles. The monoisotopic (exact) mass is 339 g/mol. The fraction of sp³-hybridized carbons (Fsp3) is 0.455. The summed E-state index contributed by atoms with van der Waals surface area (Å²) in [6, 6.07) is 3.20. The van der Waals surface area contributed by atoms with Crippen molar-refractivity contribution in [1.29, 1.82) is 0 Å². The highest BCUT2D eigenvalue weighted by Gasteiger charge is 2.26. The van der Waals surface area contributed by atoms with E-state index in [1.165, 1.54) is 19.9 Å². The summed E-state index contributed by atoms with van der Waals surface area (Å²) in [5.74, 6) is -0.976. The van der Waals surface area contributed by atoms with Gasteiger partial charge in [0, 0.05) is 17.8 Å². The third-order valence-electron chi connectivity index (χ3n) is 2.41. The van der Waals surface area contributed by atoms with Gasteiger partial charge in [0.05, 0.1) is 6.26 Å². The molecular weight excluding hydrogens is 321 g/mol. The molecule has 1 rings (SSSR count). The van der Waals surface area contributed by atoms with Crippen LogP contribution < -0.4 is 15.2 Å². The van der Waals surface area contributed by atoms with Crippen molar-refractivity contribution in [1.82, 2.24) is 9.44 Å². The van der Waals surface area contributed by atoms with Gasteiger partial charge in [0.1, 0.15) is 10.7 Å². The van der Waals surface area contributed by atoms with Gasteiger partial charge in [-0.05, 0) is 32.0 Å². The van der Waals surface area contributed by atoms with Crippen molar-refractivity contribution in [2.75, 3.05) is 18.5 Å². The van der Waals surface area contributed by atoms with Crippen LogP contribution in [0.1, 0.15) is 13.8 Å². The average molecular weight is 339 g/mol. The van der Waals surface area contributed by atoms with Gasteiger partial charge < -0.3 is 5.73 Å². The van der Waals surface area contributed by atoms with E-state index in [1.807, 2.05) is 0 Å². The number of benzene rings is 1. The second kappa shape index (κ2) is 5.87. The molecule has 0 amide bonds. The summed E-state index contributed by atoms with van der Waals surface area (Å²) in [7, 11) is -7.62. The number of hydrogen-bond acceptors (Lipinski definition) is 5. The standard InChI is InChI=1S/C11H18FN3O4S2/c1-11(2,15-20(3,16)17)7-14-21(18,19)10-5-4-8(13)6-9(10)12/h4-6,14-15H,7,13H2,1-3H3. The van der Waals surface area contributed by atoms with Crippen LogP contribution in [0.4, 0.5) is 10.1 Å². The van der Waals surface area contributed by atoms with Crippen LogP contribution in [0.2, 0.25) is 0 Å². The lowest BCUT2D eigenvalue weighted by Crippen LogP contribution is -2.51. The van der Waals surface area contributed by atoms with Crippen molar-refractivity contribution in [2.24, 2.45) is 0 Å². The van der Waals surface area contributed by atoms with Crippen LogP contribution in [-0.4, -0.2) is 35.2 Å². The number of nitrogen functional groups attached to an aromatic ring is 1. The zero-order valence-corrected chi connectivity index (χ0v) is 13.5. The molecule has 0 saturated heterocycles. The van der Waals surface area contributed by atoms with Crippen molar-refractivity contribution in [3.63, 3.8) is 0 Å². The Hall–Kier alpha value is -1.23. The molecule has 0 bridgehead atoms. The van der Waals surface area contributed by atoms with E-state index in [4.69, 9.17) is 5.73 Å². The van der Waals surface area contributed by atoms with Crippen molar-refractivity contribution in [3.05, 3.63) is 24.0 Å². The highest BCUT2D eigenvalue weighted by atomic mass is 32.2. The van der Waals surface area contributed by atoms with Crippen LogP contribution in [0.3, 0.4) is 0 Å². The first-order valence-electron chi connectivity index (χ1n) is 5.86. The van der Waals surface area contributed by atoms with E-state index in [9.17, 15) is 21.2 Å². The van der Waals surface area contributed by atoms with Gasteiger partial charge in [-0.2, -0.15) is 0 Å². The number of nitrogens with two attached hydrogens (primary N) is 1. The zero-order chi connectivity index (χ0) is 16.5. The van der Waals surface area contributed by atoms with Crippen LogP contribution in [0, 0.1) is 5.82 Å². The van der Waals surface area contributed by atoms with Crippen molar-refractivity contribution in [2.45, 2.75) is 24.3 Å². The average Bonchev–Trinajstić information content (AvgIpc) is 2.23. The predicted molar refractivity (Wildman–Crippen MR) is 78.1 cm³/mol. The Bertz CT molecular complexity index is 730. The van der Waals surface area contributed by atoms with Crippen LogP contribution in [0.15, 0.2) is 23.1 Å². The lowest BCUT2D eigenvalue weighted by Gasteiger charge is -2.25. The van der Waals surface area contributed by atoms with E-state index < -0.39 is 36.3 Å². The van der Waals surface area contributed by atoms with Crippen LogP contribution in [-0.2, 0) is 20.0 Å². The number of halogens is 1.